The fourth-order valence-electron chi connectivity index (χ4n) is 1.64. The normalized spacial score (nSPS) is 20.7. The monoisotopic (exact) mass is 204 g/mol. The Bertz CT molecular complexity index is 401. The van der Waals surface area contributed by atoms with Gasteiger partial charge in [0.25, 0.3) is 5.91 Å². The van der Waals surface area contributed by atoms with Gasteiger partial charge in [0, 0.05) is 18.1 Å². The highest BCUT2D eigenvalue weighted by molar-refractivity contribution is 6.14. The van der Waals surface area contributed by atoms with E-state index in [9.17, 15) is 4.79 Å². The van der Waals surface area contributed by atoms with Crippen LogP contribution < -0.4 is 5.01 Å². The average Bonchev–Trinajstić information content (AvgIpc) is 2.55. The van der Waals surface area contributed by atoms with Gasteiger partial charge in [-0.3, -0.25) is 9.78 Å². The lowest BCUT2D eigenvalue weighted by molar-refractivity contribution is -0.119. The molecule has 78 valence electrons. The van der Waals surface area contributed by atoms with Crippen molar-refractivity contribution < 1.29 is 4.79 Å². The quantitative estimate of drug-likeness (QED) is 0.727. The molecule has 5 nitrogen and oxygen atoms in total. The van der Waals surface area contributed by atoms with E-state index in [0.29, 0.717) is 5.82 Å². The van der Waals surface area contributed by atoms with Crippen LogP contribution in [0.25, 0.3) is 0 Å². The molecule has 1 aromatic heterocycles. The number of nitrogens with zero attached hydrogens (tertiary/aromatic N) is 4. The molecule has 0 aliphatic carbocycles. The Hall–Kier alpha value is -1.78. The lowest BCUT2D eigenvalue weighted by Gasteiger charge is -2.11. The first-order chi connectivity index (χ1) is 7.24. The molecular weight excluding hydrogens is 192 g/mol. The number of carbonyl (C=O) groups is 1. The van der Waals surface area contributed by atoms with E-state index in [4.69, 9.17) is 0 Å². The van der Waals surface area contributed by atoms with Gasteiger partial charge in [-0.1, -0.05) is 6.92 Å². The largest absolute Gasteiger partial charge is 0.272 e. The topological polar surface area (TPSA) is 58.5 Å². The maximum atomic E-state index is 11.9. The first-order valence-corrected chi connectivity index (χ1v) is 4.89. The van der Waals surface area contributed by atoms with Crippen molar-refractivity contribution >= 4 is 17.4 Å². The van der Waals surface area contributed by atoms with Crippen LogP contribution in [-0.4, -0.2) is 21.6 Å². The van der Waals surface area contributed by atoms with Gasteiger partial charge in [0.05, 0.1) is 12.1 Å². The summed E-state index contributed by atoms with van der Waals surface area (Å²) < 4.78 is 0. The zero-order valence-electron chi connectivity index (χ0n) is 8.71. The molecule has 0 aromatic carbocycles. The number of aromatic nitrogens is 2. The summed E-state index contributed by atoms with van der Waals surface area (Å²) in [4.78, 5) is 19.9. The molecule has 0 saturated carbocycles. The van der Waals surface area contributed by atoms with Gasteiger partial charge in [0.1, 0.15) is 0 Å². The minimum atomic E-state index is -0.105. The van der Waals surface area contributed by atoms with Gasteiger partial charge >= 0.3 is 0 Å². The van der Waals surface area contributed by atoms with E-state index >= 15 is 0 Å². The van der Waals surface area contributed by atoms with Gasteiger partial charge < -0.3 is 0 Å². The Morgan fingerprint density at radius 2 is 2.27 bits per heavy atom. The van der Waals surface area contributed by atoms with E-state index in [2.05, 4.69) is 15.1 Å². The standard InChI is InChI=1S/C10H12N4O/c1-3-8-7(2)13-14(10(8)15)9-6-11-4-5-12-9/h4-6,8H,3H2,1-2H3. The highest BCUT2D eigenvalue weighted by Gasteiger charge is 2.33. The SMILES string of the molecule is CCC1C(=O)N(c2cnccn2)N=C1C. The van der Waals surface area contributed by atoms with Gasteiger partial charge in [-0.05, 0) is 13.3 Å². The number of carbonyl (C=O) groups excluding carboxylic acids is 1. The molecule has 0 saturated heterocycles. The summed E-state index contributed by atoms with van der Waals surface area (Å²) in [6.45, 7) is 3.84. The van der Waals surface area contributed by atoms with Gasteiger partial charge in [0.2, 0.25) is 0 Å². The summed E-state index contributed by atoms with van der Waals surface area (Å²) in [6, 6.07) is 0. The van der Waals surface area contributed by atoms with Gasteiger partial charge in [-0.25, -0.2) is 4.98 Å². The molecule has 1 aliphatic rings. The number of anilines is 1. The molecule has 1 atom stereocenters. The minimum Gasteiger partial charge on any atom is -0.272 e. The molecule has 5 heteroatoms. The molecule has 1 aliphatic heterocycles. The van der Waals surface area contributed by atoms with Crippen molar-refractivity contribution in [2.75, 3.05) is 5.01 Å². The van der Waals surface area contributed by atoms with Crippen LogP contribution >= 0.6 is 0 Å². The zero-order chi connectivity index (χ0) is 10.8. The number of hydrogen-bond donors (Lipinski definition) is 0. The van der Waals surface area contributed by atoms with Crippen molar-refractivity contribution in [3.05, 3.63) is 18.6 Å². The first kappa shape index (κ1) is 9.76. The second-order valence-electron chi connectivity index (χ2n) is 3.42. The van der Waals surface area contributed by atoms with Crippen molar-refractivity contribution in [1.82, 2.24) is 9.97 Å². The summed E-state index contributed by atoms with van der Waals surface area (Å²) in [5.41, 5.74) is 0.841. The Balaban J connectivity index is 2.31. The van der Waals surface area contributed by atoms with Crippen molar-refractivity contribution in [3.8, 4) is 0 Å². The zero-order valence-corrected chi connectivity index (χ0v) is 8.71. The average molecular weight is 204 g/mol. The summed E-state index contributed by atoms with van der Waals surface area (Å²) in [5, 5.41) is 5.52. The maximum Gasteiger partial charge on any atom is 0.257 e. The second-order valence-corrected chi connectivity index (χ2v) is 3.42. The van der Waals surface area contributed by atoms with Crippen molar-refractivity contribution in [2.45, 2.75) is 20.3 Å². The molecular formula is C10H12N4O. The van der Waals surface area contributed by atoms with Crippen LogP contribution in [0.3, 0.4) is 0 Å². The van der Waals surface area contributed by atoms with Crippen LogP contribution in [0.15, 0.2) is 23.7 Å². The van der Waals surface area contributed by atoms with Crippen molar-refractivity contribution in [2.24, 2.45) is 11.0 Å². The van der Waals surface area contributed by atoms with E-state index in [1.54, 1.807) is 12.4 Å². The van der Waals surface area contributed by atoms with Crippen LogP contribution in [0.4, 0.5) is 5.82 Å². The molecule has 1 amide bonds. The molecule has 0 bridgehead atoms. The van der Waals surface area contributed by atoms with E-state index in [1.165, 1.54) is 11.2 Å². The third kappa shape index (κ3) is 1.60. The van der Waals surface area contributed by atoms with Crippen molar-refractivity contribution in [3.63, 3.8) is 0 Å². The van der Waals surface area contributed by atoms with Gasteiger partial charge in [-0.15, -0.1) is 0 Å². The van der Waals surface area contributed by atoms with Crippen LogP contribution in [-0.2, 0) is 4.79 Å². The summed E-state index contributed by atoms with van der Waals surface area (Å²) in [6.07, 6.45) is 5.42. The fourth-order valence-corrected chi connectivity index (χ4v) is 1.64. The van der Waals surface area contributed by atoms with Crippen LogP contribution in [0.2, 0.25) is 0 Å². The number of hydrazone groups is 1. The van der Waals surface area contributed by atoms with Crippen LogP contribution in [0, 0.1) is 5.92 Å². The van der Waals surface area contributed by atoms with Crippen LogP contribution in [0.5, 0.6) is 0 Å². The number of hydrogen-bond acceptors (Lipinski definition) is 4. The van der Waals surface area contributed by atoms with E-state index in [0.717, 1.165) is 12.1 Å². The predicted molar refractivity (Wildman–Crippen MR) is 56.4 cm³/mol. The summed E-state index contributed by atoms with van der Waals surface area (Å²) >= 11 is 0. The third-order valence-electron chi connectivity index (χ3n) is 2.44. The molecule has 1 unspecified atom stereocenters. The van der Waals surface area contributed by atoms with E-state index < -0.39 is 0 Å². The third-order valence-corrected chi connectivity index (χ3v) is 2.44. The Morgan fingerprint density at radius 3 is 2.80 bits per heavy atom. The smallest absolute Gasteiger partial charge is 0.257 e. The molecule has 2 heterocycles. The molecule has 1 aromatic rings. The Labute approximate surface area is 87.8 Å². The highest BCUT2D eigenvalue weighted by atomic mass is 16.2. The first-order valence-electron chi connectivity index (χ1n) is 4.89. The lowest BCUT2D eigenvalue weighted by Crippen LogP contribution is -2.27. The number of amides is 1. The molecule has 0 radical (unpaired) electrons. The van der Waals surface area contributed by atoms with E-state index in [-0.39, 0.29) is 11.8 Å². The predicted octanol–water partition coefficient (Wildman–Crippen LogP) is 1.23. The molecule has 0 fully saturated rings. The minimum absolute atomic E-state index is 0.0181. The molecule has 15 heavy (non-hydrogen) atoms. The van der Waals surface area contributed by atoms with E-state index in [1.807, 2.05) is 13.8 Å². The summed E-state index contributed by atoms with van der Waals surface area (Å²) in [5.74, 6) is 0.361. The Morgan fingerprint density at radius 1 is 1.47 bits per heavy atom. The van der Waals surface area contributed by atoms with Crippen LogP contribution in [0.1, 0.15) is 20.3 Å². The summed E-state index contributed by atoms with van der Waals surface area (Å²) in [7, 11) is 0. The second kappa shape index (κ2) is 3.76. The van der Waals surface area contributed by atoms with Gasteiger partial charge in [0.15, 0.2) is 5.82 Å². The number of rotatable bonds is 2. The maximum absolute atomic E-state index is 11.9. The molecule has 0 spiro atoms. The van der Waals surface area contributed by atoms with Crippen molar-refractivity contribution in [1.29, 1.82) is 0 Å². The highest BCUT2D eigenvalue weighted by Crippen LogP contribution is 2.22. The lowest BCUT2D eigenvalue weighted by atomic mass is 10.0. The van der Waals surface area contributed by atoms with Gasteiger partial charge in [-0.2, -0.15) is 10.1 Å². The Kier molecular flexibility index (Phi) is 2.45. The fraction of sp³-hybridized carbons (Fsp3) is 0.400. The molecule has 2 rings (SSSR count). The molecule has 0 N–H and O–H groups in total.